The number of hydrogen-bond acceptors (Lipinski definition) is 9. The van der Waals surface area contributed by atoms with Gasteiger partial charge in [0.05, 0.1) is 25.1 Å². The highest BCUT2D eigenvalue weighted by molar-refractivity contribution is 8.01. The van der Waals surface area contributed by atoms with Crippen molar-refractivity contribution in [1.29, 1.82) is 0 Å². The predicted octanol–water partition coefficient (Wildman–Crippen LogP) is 4.12. The van der Waals surface area contributed by atoms with E-state index in [1.807, 2.05) is 6.92 Å². The maximum Gasteiger partial charge on any atom is 0.415 e. The Morgan fingerprint density at radius 3 is 2.64 bits per heavy atom. The average molecular weight is 518 g/mol. The summed E-state index contributed by atoms with van der Waals surface area (Å²) in [5.41, 5.74) is 0.106. The molecule has 0 saturated heterocycles. The number of carboxylic acids is 1. The van der Waals surface area contributed by atoms with Crippen LogP contribution < -0.4 is 4.90 Å². The number of carbonyl (C=O) groups excluding carboxylic acids is 1. The fraction of sp³-hybridized carbons (Fsp3) is 0.500. The molecule has 192 valence electrons. The number of hydrogen-bond donors (Lipinski definition) is 1. The summed E-state index contributed by atoms with van der Waals surface area (Å²) in [7, 11) is 1.37. The molecule has 0 aromatic carbocycles. The number of nitrogens with zero attached hydrogens (tertiary/aromatic N) is 5. The van der Waals surface area contributed by atoms with E-state index in [9.17, 15) is 19.1 Å². The third kappa shape index (κ3) is 5.28. The predicted molar refractivity (Wildman–Crippen MR) is 132 cm³/mol. The number of thioether (sulfide) groups is 1. The zero-order chi connectivity index (χ0) is 25.7. The van der Waals surface area contributed by atoms with Gasteiger partial charge in [-0.3, -0.25) is 14.7 Å². The fourth-order valence-corrected chi connectivity index (χ4v) is 5.32. The first kappa shape index (κ1) is 25.8. The zero-order valence-electron chi connectivity index (χ0n) is 20.1. The van der Waals surface area contributed by atoms with Crippen LogP contribution in [0.4, 0.5) is 15.0 Å². The summed E-state index contributed by atoms with van der Waals surface area (Å²) in [4.78, 5) is 34.5. The number of rotatable bonds is 9. The molecule has 2 aromatic heterocycles. The van der Waals surface area contributed by atoms with Gasteiger partial charge in [-0.05, 0) is 43.5 Å². The molecule has 1 aliphatic carbocycles. The summed E-state index contributed by atoms with van der Waals surface area (Å²) >= 11 is 1.07. The van der Waals surface area contributed by atoms with Crippen LogP contribution in [0, 0.1) is 5.82 Å². The second kappa shape index (κ2) is 11.2. The standard InChI is InChI=1S/C24H28FN5O5S/c1-3-4-13-35-23(33)30(14-24(10-6-11-24)19-15(25)7-5-12-26-19)17-9-8-16(28-29-17)21-27-20(34-2)18(36-21)22(31)32/h5,7-9,12,18,21H,3-4,6,10-11,13-14H2,1-2H3,(H,31,32). The number of anilines is 1. The second-order valence-corrected chi connectivity index (χ2v) is 9.91. The summed E-state index contributed by atoms with van der Waals surface area (Å²) in [6, 6.07) is 6.17. The topological polar surface area (TPSA) is 127 Å². The molecular weight excluding hydrogens is 489 g/mol. The Kier molecular flexibility index (Phi) is 8.02. The van der Waals surface area contributed by atoms with Crippen LogP contribution in [0.15, 0.2) is 35.5 Å². The van der Waals surface area contributed by atoms with Gasteiger partial charge in [-0.1, -0.05) is 19.8 Å². The van der Waals surface area contributed by atoms with E-state index in [4.69, 9.17) is 9.47 Å². The van der Waals surface area contributed by atoms with Gasteiger partial charge in [0.25, 0.3) is 0 Å². The monoisotopic (exact) mass is 517 g/mol. The summed E-state index contributed by atoms with van der Waals surface area (Å²) in [6.07, 6.45) is 4.79. The van der Waals surface area contributed by atoms with Crippen LogP contribution in [-0.4, -0.2) is 63.8 Å². The van der Waals surface area contributed by atoms with Crippen molar-refractivity contribution in [3.05, 3.63) is 47.7 Å². The van der Waals surface area contributed by atoms with Crippen LogP contribution in [0.1, 0.15) is 55.8 Å². The Balaban J connectivity index is 1.60. The van der Waals surface area contributed by atoms with Crippen LogP contribution in [0.5, 0.6) is 0 Å². The Morgan fingerprint density at radius 2 is 2.08 bits per heavy atom. The molecule has 1 fully saturated rings. The number of amides is 1. The highest BCUT2D eigenvalue weighted by atomic mass is 32.2. The maximum absolute atomic E-state index is 14.7. The number of ether oxygens (including phenoxy) is 2. The SMILES string of the molecule is CCCCOC(=O)N(CC1(c2ncccc2F)CCC1)c1ccc(C2N=C(OC)C(C(=O)O)S2)nn1. The first-order chi connectivity index (χ1) is 17.4. The van der Waals surface area contributed by atoms with E-state index in [1.165, 1.54) is 18.1 Å². The number of methoxy groups -OCH3 is 1. The van der Waals surface area contributed by atoms with Gasteiger partial charge in [-0.2, -0.15) is 5.10 Å². The number of aromatic nitrogens is 3. The highest BCUT2D eigenvalue weighted by Crippen LogP contribution is 2.45. The lowest BCUT2D eigenvalue weighted by Crippen LogP contribution is -2.49. The van der Waals surface area contributed by atoms with Crippen LogP contribution in [0.2, 0.25) is 0 Å². The Bertz CT molecular complexity index is 1130. The molecule has 2 aliphatic rings. The molecule has 0 radical (unpaired) electrons. The number of aliphatic imine (C=N–C) groups is 1. The number of pyridine rings is 1. The lowest BCUT2D eigenvalue weighted by molar-refractivity contribution is -0.135. The van der Waals surface area contributed by atoms with E-state index in [1.54, 1.807) is 24.4 Å². The number of aliphatic carboxylic acids is 1. The van der Waals surface area contributed by atoms with Gasteiger partial charge >= 0.3 is 12.1 Å². The van der Waals surface area contributed by atoms with E-state index >= 15 is 0 Å². The molecular formula is C24H28FN5O5S. The number of halogens is 1. The van der Waals surface area contributed by atoms with Crippen molar-refractivity contribution in [2.45, 2.75) is 55.1 Å². The quantitative estimate of drug-likeness (QED) is 0.489. The molecule has 3 heterocycles. The summed E-state index contributed by atoms with van der Waals surface area (Å²) < 4.78 is 25.3. The van der Waals surface area contributed by atoms with E-state index in [0.717, 1.165) is 24.6 Å². The smallest absolute Gasteiger partial charge is 0.415 e. The normalized spacial score (nSPS) is 20.2. The third-order valence-electron chi connectivity index (χ3n) is 6.34. The Hall–Kier alpha value is -3.28. The molecule has 2 unspecified atom stereocenters. The minimum absolute atomic E-state index is 0.105. The van der Waals surface area contributed by atoms with Gasteiger partial charge in [0.2, 0.25) is 5.90 Å². The van der Waals surface area contributed by atoms with Crippen LogP contribution in [0.25, 0.3) is 0 Å². The van der Waals surface area contributed by atoms with Gasteiger partial charge in [0.1, 0.15) is 11.2 Å². The molecule has 4 rings (SSSR count). The first-order valence-electron chi connectivity index (χ1n) is 11.8. The van der Waals surface area contributed by atoms with Crippen molar-refractivity contribution in [2.75, 3.05) is 25.2 Å². The first-order valence-corrected chi connectivity index (χ1v) is 12.7. The number of unbranched alkanes of at least 4 members (excludes halogenated alkanes) is 1. The molecule has 12 heteroatoms. The van der Waals surface area contributed by atoms with Crippen LogP contribution in [0.3, 0.4) is 0 Å². The van der Waals surface area contributed by atoms with E-state index in [2.05, 4.69) is 20.2 Å². The van der Waals surface area contributed by atoms with Crippen molar-refractivity contribution in [1.82, 2.24) is 15.2 Å². The molecule has 0 bridgehead atoms. The average Bonchev–Trinajstić information content (AvgIpc) is 3.30. The van der Waals surface area contributed by atoms with Crippen molar-refractivity contribution >= 4 is 35.5 Å². The summed E-state index contributed by atoms with van der Waals surface area (Å²) in [5.74, 6) is -1.11. The van der Waals surface area contributed by atoms with Gasteiger partial charge < -0.3 is 14.6 Å². The Morgan fingerprint density at radius 1 is 1.28 bits per heavy atom. The zero-order valence-corrected chi connectivity index (χ0v) is 20.9. The van der Waals surface area contributed by atoms with Crippen molar-refractivity contribution in [2.24, 2.45) is 4.99 Å². The van der Waals surface area contributed by atoms with Gasteiger partial charge in [0, 0.05) is 18.2 Å². The lowest BCUT2D eigenvalue weighted by atomic mass is 9.66. The minimum Gasteiger partial charge on any atom is -0.483 e. The van der Waals surface area contributed by atoms with E-state index in [-0.39, 0.29) is 24.9 Å². The maximum atomic E-state index is 14.7. The second-order valence-electron chi connectivity index (χ2n) is 8.72. The van der Waals surface area contributed by atoms with Gasteiger partial charge in [0.15, 0.2) is 11.1 Å². The van der Waals surface area contributed by atoms with Crippen molar-refractivity contribution in [3.63, 3.8) is 0 Å². The molecule has 10 nitrogen and oxygen atoms in total. The van der Waals surface area contributed by atoms with Gasteiger partial charge in [-0.15, -0.1) is 16.9 Å². The Labute approximate surface area is 212 Å². The highest BCUT2D eigenvalue weighted by Gasteiger charge is 2.45. The molecule has 1 amide bonds. The van der Waals surface area contributed by atoms with E-state index < -0.39 is 33.9 Å². The molecule has 1 aliphatic heterocycles. The van der Waals surface area contributed by atoms with Crippen molar-refractivity contribution < 1.29 is 28.6 Å². The fourth-order valence-electron chi connectivity index (χ4n) is 4.24. The molecule has 2 atom stereocenters. The molecule has 36 heavy (non-hydrogen) atoms. The largest absolute Gasteiger partial charge is 0.483 e. The number of carboxylic acid groups (broad SMARTS) is 1. The molecule has 0 spiro atoms. The van der Waals surface area contributed by atoms with Crippen LogP contribution in [-0.2, 0) is 19.7 Å². The van der Waals surface area contributed by atoms with Crippen LogP contribution >= 0.6 is 11.8 Å². The molecule has 1 N–H and O–H groups in total. The molecule has 2 aromatic rings. The lowest BCUT2D eigenvalue weighted by Gasteiger charge is -2.43. The van der Waals surface area contributed by atoms with Gasteiger partial charge in [-0.25, -0.2) is 14.2 Å². The van der Waals surface area contributed by atoms with Crippen molar-refractivity contribution in [3.8, 4) is 0 Å². The molecule has 1 saturated carbocycles. The number of carbonyl (C=O) groups is 2. The third-order valence-corrected chi connectivity index (χ3v) is 7.62. The van der Waals surface area contributed by atoms with E-state index in [0.29, 0.717) is 30.7 Å². The summed E-state index contributed by atoms with van der Waals surface area (Å²) in [6.45, 7) is 2.40. The minimum atomic E-state index is -1.05. The summed E-state index contributed by atoms with van der Waals surface area (Å²) in [5, 5.41) is 16.3.